The highest BCUT2D eigenvalue weighted by atomic mass is 16.3. The van der Waals surface area contributed by atoms with E-state index in [0.29, 0.717) is 0 Å². The third-order valence-corrected chi connectivity index (χ3v) is 10.9. The molecule has 1 aliphatic carbocycles. The Morgan fingerprint density at radius 2 is 1.12 bits per heavy atom. The summed E-state index contributed by atoms with van der Waals surface area (Å²) in [5.74, 6) is 0. The monoisotopic (exact) mass is 614 g/mol. The number of para-hydroxylation sites is 3. The van der Waals surface area contributed by atoms with Crippen molar-refractivity contribution in [2.45, 2.75) is 19.3 Å². The highest BCUT2D eigenvalue weighted by molar-refractivity contribution is 6.24. The topological polar surface area (TPSA) is 23.0 Å². The van der Waals surface area contributed by atoms with Crippen LogP contribution in [0.1, 0.15) is 25.0 Å². The van der Waals surface area contributed by atoms with Gasteiger partial charge < -0.3 is 13.6 Å². The Kier molecular flexibility index (Phi) is 4.91. The standard InChI is InChI=1S/C45H30N2O/c1-45(2)36-17-9-6-14-29(36)34-25-35-41(26-37(34)45)47(39-23-22-33-32-16-8-11-19-42(32)48-44(33)43(35)39)28-20-21-31-30-15-7-10-18-38(30)46(40(31)24-28)27-12-4-3-5-13-27/h3-26H,1-2H3. The van der Waals surface area contributed by atoms with Crippen LogP contribution in [0.4, 0.5) is 0 Å². The number of rotatable bonds is 2. The van der Waals surface area contributed by atoms with E-state index in [0.717, 1.165) is 44.2 Å². The minimum atomic E-state index is -0.111. The van der Waals surface area contributed by atoms with Crippen molar-refractivity contribution in [2.24, 2.45) is 0 Å². The summed E-state index contributed by atoms with van der Waals surface area (Å²) in [4.78, 5) is 0. The first-order valence-corrected chi connectivity index (χ1v) is 16.7. The smallest absolute Gasteiger partial charge is 0.145 e. The molecular formula is C45H30N2O. The first-order valence-electron chi connectivity index (χ1n) is 16.7. The molecule has 3 nitrogen and oxygen atoms in total. The Morgan fingerprint density at radius 3 is 2.02 bits per heavy atom. The van der Waals surface area contributed by atoms with Crippen molar-refractivity contribution < 1.29 is 4.42 Å². The fraction of sp³-hybridized carbons (Fsp3) is 0.0667. The Hall–Kier alpha value is -6.06. The van der Waals surface area contributed by atoms with Crippen LogP contribution >= 0.6 is 0 Å². The molecule has 0 amide bonds. The maximum Gasteiger partial charge on any atom is 0.145 e. The highest BCUT2D eigenvalue weighted by Crippen LogP contribution is 2.52. The number of furan rings is 1. The molecular weight excluding hydrogens is 585 g/mol. The van der Waals surface area contributed by atoms with Gasteiger partial charge in [-0.1, -0.05) is 98.8 Å². The van der Waals surface area contributed by atoms with E-state index in [1.807, 2.05) is 0 Å². The molecule has 3 aromatic heterocycles. The van der Waals surface area contributed by atoms with Crippen LogP contribution in [0.2, 0.25) is 0 Å². The highest BCUT2D eigenvalue weighted by Gasteiger charge is 2.36. The Morgan fingerprint density at radius 1 is 0.438 bits per heavy atom. The van der Waals surface area contributed by atoms with Gasteiger partial charge in [0.15, 0.2) is 0 Å². The Bertz CT molecular complexity index is 2970. The van der Waals surface area contributed by atoms with Crippen LogP contribution in [0.3, 0.4) is 0 Å². The lowest BCUT2D eigenvalue weighted by Crippen LogP contribution is -2.14. The Balaban J connectivity index is 1.30. The molecule has 10 aromatic rings. The minimum absolute atomic E-state index is 0.111. The van der Waals surface area contributed by atoms with Crippen molar-refractivity contribution in [3.8, 4) is 22.5 Å². The lowest BCUT2D eigenvalue weighted by atomic mass is 9.82. The van der Waals surface area contributed by atoms with Crippen LogP contribution in [-0.4, -0.2) is 9.13 Å². The largest absolute Gasteiger partial charge is 0.455 e. The zero-order valence-corrected chi connectivity index (χ0v) is 26.7. The molecule has 11 rings (SSSR count). The van der Waals surface area contributed by atoms with Gasteiger partial charge in [-0.15, -0.1) is 0 Å². The van der Waals surface area contributed by atoms with E-state index < -0.39 is 0 Å². The lowest BCUT2D eigenvalue weighted by Gasteiger charge is -2.21. The van der Waals surface area contributed by atoms with E-state index in [9.17, 15) is 0 Å². The minimum Gasteiger partial charge on any atom is -0.455 e. The van der Waals surface area contributed by atoms with Crippen LogP contribution in [0.15, 0.2) is 150 Å². The van der Waals surface area contributed by atoms with Crippen molar-refractivity contribution in [1.29, 1.82) is 0 Å². The number of fused-ring (bicyclic) bond motifs is 13. The fourth-order valence-electron chi connectivity index (χ4n) is 8.71. The molecule has 0 radical (unpaired) electrons. The van der Waals surface area contributed by atoms with Crippen LogP contribution in [0.5, 0.6) is 0 Å². The van der Waals surface area contributed by atoms with Crippen LogP contribution in [0, 0.1) is 0 Å². The summed E-state index contributed by atoms with van der Waals surface area (Å²) < 4.78 is 11.6. The molecule has 0 saturated carbocycles. The molecule has 3 heteroatoms. The third kappa shape index (κ3) is 3.23. The third-order valence-electron chi connectivity index (χ3n) is 10.9. The van der Waals surface area contributed by atoms with Crippen molar-refractivity contribution in [3.63, 3.8) is 0 Å². The average Bonchev–Trinajstić information content (AvgIpc) is 3.83. The van der Waals surface area contributed by atoms with Crippen LogP contribution < -0.4 is 0 Å². The number of benzene rings is 7. The zero-order chi connectivity index (χ0) is 31.7. The van der Waals surface area contributed by atoms with E-state index in [4.69, 9.17) is 4.42 Å². The van der Waals surface area contributed by atoms with E-state index in [1.165, 1.54) is 55.0 Å². The molecule has 0 bridgehead atoms. The van der Waals surface area contributed by atoms with Gasteiger partial charge in [-0.2, -0.15) is 0 Å². The number of hydrogen-bond acceptors (Lipinski definition) is 1. The first-order chi connectivity index (χ1) is 23.6. The molecule has 0 spiro atoms. The summed E-state index contributed by atoms with van der Waals surface area (Å²) in [6.45, 7) is 4.72. The van der Waals surface area contributed by atoms with Gasteiger partial charge in [0.1, 0.15) is 11.2 Å². The van der Waals surface area contributed by atoms with Gasteiger partial charge in [0.05, 0.1) is 27.5 Å². The summed E-state index contributed by atoms with van der Waals surface area (Å²) in [5.41, 5.74) is 14.2. The average molecular weight is 615 g/mol. The quantitative estimate of drug-likeness (QED) is 0.190. The second-order valence-corrected chi connectivity index (χ2v) is 13.7. The molecule has 48 heavy (non-hydrogen) atoms. The van der Waals surface area contributed by atoms with E-state index in [2.05, 4.69) is 169 Å². The zero-order valence-electron chi connectivity index (χ0n) is 26.7. The normalized spacial score (nSPS) is 13.8. The van der Waals surface area contributed by atoms with E-state index >= 15 is 0 Å². The Labute approximate surface area is 276 Å². The van der Waals surface area contributed by atoms with Crippen LogP contribution in [0.25, 0.3) is 88.1 Å². The van der Waals surface area contributed by atoms with E-state index in [1.54, 1.807) is 0 Å². The van der Waals surface area contributed by atoms with Crippen molar-refractivity contribution in [3.05, 3.63) is 157 Å². The van der Waals surface area contributed by atoms with Gasteiger partial charge in [0.25, 0.3) is 0 Å². The molecule has 0 atom stereocenters. The summed E-state index contributed by atoms with van der Waals surface area (Å²) >= 11 is 0. The van der Waals surface area contributed by atoms with Gasteiger partial charge in [0.2, 0.25) is 0 Å². The SMILES string of the molecule is CC1(C)c2ccccc2-c2cc3c4c5oc6ccccc6c5ccc4n(-c4ccc5c6ccccc6n(-c6ccccc6)c5c4)c3cc21. The summed E-state index contributed by atoms with van der Waals surface area (Å²) in [6, 6.07) is 53.1. The summed E-state index contributed by atoms with van der Waals surface area (Å²) in [5, 5.41) is 7.18. The van der Waals surface area contributed by atoms with Gasteiger partial charge in [-0.25, -0.2) is 0 Å². The van der Waals surface area contributed by atoms with Gasteiger partial charge in [-0.05, 0) is 82.9 Å². The number of aromatic nitrogens is 2. The van der Waals surface area contributed by atoms with Gasteiger partial charge in [-0.3, -0.25) is 0 Å². The predicted octanol–water partition coefficient (Wildman–Crippen LogP) is 12.1. The molecule has 0 fully saturated rings. The van der Waals surface area contributed by atoms with E-state index in [-0.39, 0.29) is 5.41 Å². The fourth-order valence-corrected chi connectivity index (χ4v) is 8.71. The maximum absolute atomic E-state index is 6.72. The molecule has 0 unspecified atom stereocenters. The molecule has 0 aliphatic heterocycles. The van der Waals surface area contributed by atoms with Crippen LogP contribution in [-0.2, 0) is 5.41 Å². The molecule has 3 heterocycles. The summed E-state index contributed by atoms with van der Waals surface area (Å²) in [6.07, 6.45) is 0. The number of nitrogens with zero attached hydrogens (tertiary/aromatic N) is 2. The molecule has 226 valence electrons. The van der Waals surface area contributed by atoms with Crippen molar-refractivity contribution >= 4 is 65.6 Å². The van der Waals surface area contributed by atoms with Gasteiger partial charge in [0, 0.05) is 43.7 Å². The van der Waals surface area contributed by atoms with Gasteiger partial charge >= 0.3 is 0 Å². The lowest BCUT2D eigenvalue weighted by molar-refractivity contribution is 0.661. The molecule has 7 aromatic carbocycles. The second-order valence-electron chi connectivity index (χ2n) is 13.7. The van der Waals surface area contributed by atoms with Crippen molar-refractivity contribution in [1.82, 2.24) is 9.13 Å². The summed E-state index contributed by atoms with van der Waals surface area (Å²) in [7, 11) is 0. The molecule has 0 saturated heterocycles. The number of hydrogen-bond donors (Lipinski definition) is 0. The second kappa shape index (κ2) is 9.05. The van der Waals surface area contributed by atoms with Crippen molar-refractivity contribution in [2.75, 3.05) is 0 Å². The maximum atomic E-state index is 6.72. The predicted molar refractivity (Wildman–Crippen MR) is 200 cm³/mol. The molecule has 0 N–H and O–H groups in total. The molecule has 1 aliphatic rings. The first kappa shape index (κ1) is 26.1.